The predicted octanol–water partition coefficient (Wildman–Crippen LogP) is 5.88. The van der Waals surface area contributed by atoms with Crippen LogP contribution in [0.2, 0.25) is 0 Å². The topological polar surface area (TPSA) is 12.9 Å². The van der Waals surface area contributed by atoms with Crippen LogP contribution in [-0.4, -0.2) is 4.98 Å². The first-order valence-corrected chi connectivity index (χ1v) is 8.07. The van der Waals surface area contributed by atoms with Crippen LogP contribution in [0.1, 0.15) is 25.5 Å². The zero-order chi connectivity index (χ0) is 14.9. The van der Waals surface area contributed by atoms with Crippen LogP contribution >= 0.6 is 0 Å². The third-order valence-corrected chi connectivity index (χ3v) is 4.44. The smallest absolute Gasteiger partial charge is 0.0790 e. The van der Waals surface area contributed by atoms with Crippen molar-refractivity contribution in [1.82, 2.24) is 4.98 Å². The van der Waals surface area contributed by atoms with Crippen molar-refractivity contribution in [3.63, 3.8) is 0 Å². The Kier molecular flexibility index (Phi) is 3.27. The quantitative estimate of drug-likeness (QED) is 0.428. The lowest BCUT2D eigenvalue weighted by molar-refractivity contribution is 0.785. The molecule has 108 valence electrons. The lowest BCUT2D eigenvalue weighted by Crippen LogP contribution is -1.94. The Morgan fingerprint density at radius 1 is 0.727 bits per heavy atom. The number of rotatable bonds is 3. The first kappa shape index (κ1) is 13.3. The van der Waals surface area contributed by atoms with E-state index in [1.807, 2.05) is 0 Å². The molecule has 1 nitrogen and oxygen atoms in total. The maximum Gasteiger partial charge on any atom is 0.0790 e. The summed E-state index contributed by atoms with van der Waals surface area (Å²) in [4.78, 5) is 5.07. The van der Waals surface area contributed by atoms with Crippen molar-refractivity contribution in [1.29, 1.82) is 0 Å². The van der Waals surface area contributed by atoms with E-state index < -0.39 is 0 Å². The second kappa shape index (κ2) is 5.42. The summed E-state index contributed by atoms with van der Waals surface area (Å²) in [5.74, 6) is 0. The number of aromatic nitrogens is 1. The monoisotopic (exact) mass is 285 g/mol. The minimum atomic E-state index is 1.05. The zero-order valence-corrected chi connectivity index (χ0v) is 12.8. The van der Waals surface area contributed by atoms with Gasteiger partial charge in [-0.3, -0.25) is 4.98 Å². The number of pyridine rings is 1. The van der Waals surface area contributed by atoms with Crippen molar-refractivity contribution in [2.45, 2.75) is 26.2 Å². The minimum Gasteiger partial charge on any atom is -0.252 e. The fourth-order valence-corrected chi connectivity index (χ4v) is 3.29. The molecule has 0 bridgehead atoms. The van der Waals surface area contributed by atoms with Crippen LogP contribution < -0.4 is 0 Å². The molecule has 22 heavy (non-hydrogen) atoms. The molecule has 0 N–H and O–H groups in total. The Balaban J connectivity index is 2.14. The summed E-state index contributed by atoms with van der Waals surface area (Å²) < 4.78 is 0. The Morgan fingerprint density at radius 2 is 1.45 bits per heavy atom. The molecular formula is C21H19N. The van der Waals surface area contributed by atoms with E-state index in [0.29, 0.717) is 0 Å². The van der Waals surface area contributed by atoms with Crippen LogP contribution in [-0.2, 0) is 6.42 Å². The fourth-order valence-electron chi connectivity index (χ4n) is 3.29. The van der Waals surface area contributed by atoms with E-state index in [9.17, 15) is 0 Å². The van der Waals surface area contributed by atoms with Gasteiger partial charge in [-0.25, -0.2) is 0 Å². The van der Waals surface area contributed by atoms with Crippen LogP contribution in [0.25, 0.3) is 32.4 Å². The van der Waals surface area contributed by atoms with Gasteiger partial charge in [0.05, 0.1) is 5.52 Å². The van der Waals surface area contributed by atoms with Gasteiger partial charge in [0.15, 0.2) is 0 Å². The SMILES string of the molecule is CCCCc1nc2c3ccccc3ccc2c2ccccc12. The van der Waals surface area contributed by atoms with Gasteiger partial charge in [-0.15, -0.1) is 0 Å². The van der Waals surface area contributed by atoms with Crippen LogP contribution in [0.15, 0.2) is 60.7 Å². The first-order chi connectivity index (χ1) is 10.9. The van der Waals surface area contributed by atoms with Gasteiger partial charge in [0, 0.05) is 21.9 Å². The number of hydrogen-bond acceptors (Lipinski definition) is 1. The molecule has 3 aromatic carbocycles. The van der Waals surface area contributed by atoms with E-state index in [2.05, 4.69) is 67.6 Å². The number of nitrogens with zero attached hydrogens (tertiary/aromatic N) is 1. The Hall–Kier alpha value is -2.41. The highest BCUT2D eigenvalue weighted by molar-refractivity contribution is 6.15. The van der Waals surface area contributed by atoms with Crippen LogP contribution in [0, 0.1) is 0 Å². The summed E-state index contributed by atoms with van der Waals surface area (Å²) in [7, 11) is 0. The van der Waals surface area contributed by atoms with Crippen molar-refractivity contribution < 1.29 is 0 Å². The van der Waals surface area contributed by atoms with E-state index >= 15 is 0 Å². The maximum atomic E-state index is 5.07. The van der Waals surface area contributed by atoms with Gasteiger partial charge >= 0.3 is 0 Å². The van der Waals surface area contributed by atoms with Gasteiger partial charge in [-0.1, -0.05) is 74.0 Å². The molecule has 0 aliphatic carbocycles. The summed E-state index contributed by atoms with van der Waals surface area (Å²) in [6.07, 6.45) is 3.44. The molecule has 0 saturated heterocycles. The Morgan fingerprint density at radius 3 is 2.27 bits per heavy atom. The van der Waals surface area contributed by atoms with Gasteiger partial charge in [0.25, 0.3) is 0 Å². The lowest BCUT2D eigenvalue weighted by Gasteiger charge is -2.11. The van der Waals surface area contributed by atoms with E-state index in [1.54, 1.807) is 0 Å². The van der Waals surface area contributed by atoms with Gasteiger partial charge < -0.3 is 0 Å². The third kappa shape index (κ3) is 2.05. The predicted molar refractivity (Wildman–Crippen MR) is 95.4 cm³/mol. The van der Waals surface area contributed by atoms with Crippen molar-refractivity contribution in [2.24, 2.45) is 0 Å². The number of fused-ring (bicyclic) bond motifs is 5. The van der Waals surface area contributed by atoms with Crippen molar-refractivity contribution in [3.8, 4) is 0 Å². The van der Waals surface area contributed by atoms with Crippen molar-refractivity contribution in [2.75, 3.05) is 0 Å². The number of unbranched alkanes of at least 4 members (excludes halogenated alkanes) is 1. The van der Waals surface area contributed by atoms with E-state index in [1.165, 1.54) is 45.5 Å². The minimum absolute atomic E-state index is 1.05. The molecule has 0 atom stereocenters. The van der Waals surface area contributed by atoms with E-state index in [0.717, 1.165) is 11.9 Å². The molecule has 1 heteroatoms. The van der Waals surface area contributed by atoms with E-state index in [4.69, 9.17) is 4.98 Å². The highest BCUT2D eigenvalue weighted by atomic mass is 14.7. The lowest BCUT2D eigenvalue weighted by atomic mass is 9.98. The molecule has 0 radical (unpaired) electrons. The summed E-state index contributed by atoms with van der Waals surface area (Å²) in [5, 5.41) is 6.40. The average Bonchev–Trinajstić information content (AvgIpc) is 2.59. The number of aryl methyl sites for hydroxylation is 1. The molecule has 4 aromatic rings. The Bertz CT molecular complexity index is 969. The standard InChI is InChI=1S/C21H19N/c1-2-3-12-20-18-11-7-6-10-17(18)19-14-13-15-8-4-5-9-16(15)21(19)22-20/h4-11,13-14H,2-3,12H2,1H3. The molecule has 1 heterocycles. The van der Waals surface area contributed by atoms with Gasteiger partial charge in [-0.2, -0.15) is 0 Å². The highest BCUT2D eigenvalue weighted by Crippen LogP contribution is 2.31. The van der Waals surface area contributed by atoms with Crippen LogP contribution in [0.4, 0.5) is 0 Å². The van der Waals surface area contributed by atoms with Gasteiger partial charge in [0.1, 0.15) is 0 Å². The molecule has 0 unspecified atom stereocenters. The number of hydrogen-bond donors (Lipinski definition) is 0. The highest BCUT2D eigenvalue weighted by Gasteiger charge is 2.10. The number of benzene rings is 3. The molecule has 0 amide bonds. The van der Waals surface area contributed by atoms with Gasteiger partial charge in [-0.05, 0) is 23.6 Å². The third-order valence-electron chi connectivity index (χ3n) is 4.44. The molecule has 0 fully saturated rings. The molecular weight excluding hydrogens is 266 g/mol. The summed E-state index contributed by atoms with van der Waals surface area (Å²) in [6, 6.07) is 21.6. The summed E-state index contributed by atoms with van der Waals surface area (Å²) in [5.41, 5.74) is 2.38. The second-order valence-electron chi connectivity index (χ2n) is 5.89. The maximum absolute atomic E-state index is 5.07. The first-order valence-electron chi connectivity index (χ1n) is 8.07. The zero-order valence-electron chi connectivity index (χ0n) is 12.8. The van der Waals surface area contributed by atoms with Gasteiger partial charge in [0.2, 0.25) is 0 Å². The fraction of sp³-hybridized carbons (Fsp3) is 0.190. The second-order valence-corrected chi connectivity index (χ2v) is 5.89. The molecule has 1 aromatic heterocycles. The van der Waals surface area contributed by atoms with Crippen molar-refractivity contribution in [3.05, 3.63) is 66.4 Å². The van der Waals surface area contributed by atoms with Crippen molar-refractivity contribution >= 4 is 32.4 Å². The van der Waals surface area contributed by atoms with E-state index in [-0.39, 0.29) is 0 Å². The summed E-state index contributed by atoms with van der Waals surface area (Å²) >= 11 is 0. The molecule has 0 aliphatic rings. The summed E-state index contributed by atoms with van der Waals surface area (Å²) in [6.45, 7) is 2.23. The average molecular weight is 285 g/mol. The molecule has 4 rings (SSSR count). The Labute approximate surface area is 130 Å². The largest absolute Gasteiger partial charge is 0.252 e. The normalized spacial score (nSPS) is 11.5. The molecule has 0 saturated carbocycles. The molecule has 0 aliphatic heterocycles. The molecule has 0 spiro atoms. The van der Waals surface area contributed by atoms with Crippen LogP contribution in [0.3, 0.4) is 0 Å². The van der Waals surface area contributed by atoms with Crippen LogP contribution in [0.5, 0.6) is 0 Å².